The van der Waals surface area contributed by atoms with E-state index >= 15 is 0 Å². The number of carboxylic acid groups (broad SMARTS) is 1. The molecule has 0 saturated carbocycles. The molecular formula is C12H22N2O4. The van der Waals surface area contributed by atoms with Gasteiger partial charge >= 0.3 is 12.0 Å². The first-order chi connectivity index (χ1) is 8.46. The van der Waals surface area contributed by atoms with E-state index < -0.39 is 11.5 Å². The molecule has 0 radical (unpaired) electrons. The van der Waals surface area contributed by atoms with Crippen molar-refractivity contribution in [2.24, 2.45) is 0 Å². The van der Waals surface area contributed by atoms with Crippen molar-refractivity contribution in [1.82, 2.24) is 10.2 Å². The molecule has 1 aliphatic heterocycles. The molecule has 2 unspecified atom stereocenters. The van der Waals surface area contributed by atoms with Crippen LogP contribution < -0.4 is 5.32 Å². The summed E-state index contributed by atoms with van der Waals surface area (Å²) in [5, 5.41) is 11.9. The standard InChI is InChI=1S/C12H22N2O4/c1-4-9(3)14(5-2)11(17)13-12(10(15)16)6-7-18-8-12/h9H,4-8H2,1-3H3,(H,13,17)(H,15,16). The maximum atomic E-state index is 12.1. The average Bonchev–Trinajstić information content (AvgIpc) is 2.79. The number of hydrogen-bond donors (Lipinski definition) is 2. The van der Waals surface area contributed by atoms with E-state index in [9.17, 15) is 14.7 Å². The first-order valence-electron chi connectivity index (χ1n) is 6.36. The number of nitrogens with zero attached hydrogens (tertiary/aromatic N) is 1. The highest BCUT2D eigenvalue weighted by Gasteiger charge is 2.44. The fourth-order valence-corrected chi connectivity index (χ4v) is 2.04. The van der Waals surface area contributed by atoms with Crippen LogP contribution in [-0.2, 0) is 9.53 Å². The largest absolute Gasteiger partial charge is 0.479 e. The van der Waals surface area contributed by atoms with Crippen LogP contribution in [0.4, 0.5) is 4.79 Å². The van der Waals surface area contributed by atoms with E-state index in [1.807, 2.05) is 20.8 Å². The van der Waals surface area contributed by atoms with Crippen LogP contribution in [0, 0.1) is 0 Å². The summed E-state index contributed by atoms with van der Waals surface area (Å²) in [5.41, 5.74) is -1.27. The molecule has 1 fully saturated rings. The molecular weight excluding hydrogens is 236 g/mol. The molecule has 18 heavy (non-hydrogen) atoms. The highest BCUT2D eigenvalue weighted by molar-refractivity contribution is 5.86. The minimum Gasteiger partial charge on any atom is -0.479 e. The molecule has 0 aromatic heterocycles. The number of hydrogen-bond acceptors (Lipinski definition) is 3. The molecule has 0 aromatic rings. The molecule has 104 valence electrons. The van der Waals surface area contributed by atoms with Crippen LogP contribution in [0.3, 0.4) is 0 Å². The van der Waals surface area contributed by atoms with Crippen LogP contribution in [0.2, 0.25) is 0 Å². The maximum Gasteiger partial charge on any atom is 0.332 e. The average molecular weight is 258 g/mol. The lowest BCUT2D eigenvalue weighted by Crippen LogP contribution is -2.59. The molecule has 1 heterocycles. The third kappa shape index (κ3) is 2.93. The molecule has 6 heteroatoms. The maximum absolute atomic E-state index is 12.1. The SMILES string of the molecule is CCC(C)N(CC)C(=O)NC1(C(=O)O)CCOC1. The van der Waals surface area contributed by atoms with Gasteiger partial charge in [0.2, 0.25) is 0 Å². The predicted octanol–water partition coefficient (Wildman–Crippen LogP) is 1.06. The van der Waals surface area contributed by atoms with E-state index in [0.29, 0.717) is 19.6 Å². The summed E-state index contributed by atoms with van der Waals surface area (Å²) >= 11 is 0. The Hall–Kier alpha value is -1.30. The van der Waals surface area contributed by atoms with E-state index in [1.54, 1.807) is 4.90 Å². The van der Waals surface area contributed by atoms with Gasteiger partial charge in [0.25, 0.3) is 0 Å². The first-order valence-corrected chi connectivity index (χ1v) is 6.36. The van der Waals surface area contributed by atoms with Crippen molar-refractivity contribution in [3.8, 4) is 0 Å². The van der Waals surface area contributed by atoms with E-state index in [2.05, 4.69) is 5.32 Å². The van der Waals surface area contributed by atoms with Gasteiger partial charge in [-0.2, -0.15) is 0 Å². The lowest BCUT2D eigenvalue weighted by atomic mass is 9.99. The lowest BCUT2D eigenvalue weighted by Gasteiger charge is -2.32. The molecule has 6 nitrogen and oxygen atoms in total. The minimum atomic E-state index is -1.27. The summed E-state index contributed by atoms with van der Waals surface area (Å²) in [7, 11) is 0. The summed E-state index contributed by atoms with van der Waals surface area (Å²) in [6.07, 6.45) is 1.14. The van der Waals surface area contributed by atoms with Gasteiger partial charge < -0.3 is 20.1 Å². The van der Waals surface area contributed by atoms with Crippen molar-refractivity contribution in [1.29, 1.82) is 0 Å². The molecule has 1 aliphatic rings. The Morgan fingerprint density at radius 1 is 1.50 bits per heavy atom. The summed E-state index contributed by atoms with van der Waals surface area (Å²) in [6.45, 7) is 6.77. The highest BCUT2D eigenvalue weighted by Crippen LogP contribution is 2.20. The number of nitrogens with one attached hydrogen (secondary N) is 1. The molecule has 1 saturated heterocycles. The predicted molar refractivity (Wildman–Crippen MR) is 66.5 cm³/mol. The summed E-state index contributed by atoms with van der Waals surface area (Å²) in [6, 6.07) is -0.247. The normalized spacial score (nSPS) is 24.6. The van der Waals surface area contributed by atoms with Gasteiger partial charge in [-0.1, -0.05) is 6.92 Å². The summed E-state index contributed by atoms with van der Waals surface area (Å²) < 4.78 is 5.11. The van der Waals surface area contributed by atoms with Gasteiger partial charge in [-0.05, 0) is 20.3 Å². The van der Waals surface area contributed by atoms with Crippen LogP contribution in [0.25, 0.3) is 0 Å². The molecule has 2 amide bonds. The van der Waals surface area contributed by atoms with Gasteiger partial charge in [-0.25, -0.2) is 9.59 Å². The highest BCUT2D eigenvalue weighted by atomic mass is 16.5. The Morgan fingerprint density at radius 3 is 2.56 bits per heavy atom. The summed E-state index contributed by atoms with van der Waals surface area (Å²) in [4.78, 5) is 25.1. The second kappa shape index (κ2) is 6.04. The van der Waals surface area contributed by atoms with E-state index in [0.717, 1.165) is 6.42 Å². The van der Waals surface area contributed by atoms with Gasteiger partial charge in [0, 0.05) is 25.6 Å². The topological polar surface area (TPSA) is 78.9 Å². The van der Waals surface area contributed by atoms with Crippen LogP contribution in [0.1, 0.15) is 33.6 Å². The van der Waals surface area contributed by atoms with Gasteiger partial charge in [-0.3, -0.25) is 0 Å². The van der Waals surface area contributed by atoms with Crippen molar-refractivity contribution in [2.75, 3.05) is 19.8 Å². The molecule has 2 N–H and O–H groups in total. The van der Waals surface area contributed by atoms with Gasteiger partial charge in [0.15, 0.2) is 5.54 Å². The number of carbonyl (C=O) groups is 2. The number of rotatable bonds is 5. The number of urea groups is 1. The zero-order valence-corrected chi connectivity index (χ0v) is 11.2. The lowest BCUT2D eigenvalue weighted by molar-refractivity contribution is -0.144. The van der Waals surface area contributed by atoms with Crippen molar-refractivity contribution in [3.63, 3.8) is 0 Å². The van der Waals surface area contributed by atoms with Crippen molar-refractivity contribution in [2.45, 2.75) is 45.2 Å². The molecule has 0 bridgehead atoms. The Morgan fingerprint density at radius 2 is 2.17 bits per heavy atom. The summed E-state index contributed by atoms with van der Waals surface area (Å²) in [5.74, 6) is -1.03. The minimum absolute atomic E-state index is 0.0339. The van der Waals surface area contributed by atoms with E-state index in [4.69, 9.17) is 4.74 Å². The Bertz CT molecular complexity index is 313. The number of aliphatic carboxylic acids is 1. The van der Waals surface area contributed by atoms with E-state index in [1.165, 1.54) is 0 Å². The number of ether oxygens (including phenoxy) is 1. The molecule has 0 aromatic carbocycles. The second-order valence-corrected chi connectivity index (χ2v) is 4.66. The third-order valence-electron chi connectivity index (χ3n) is 3.50. The zero-order chi connectivity index (χ0) is 13.8. The van der Waals surface area contributed by atoms with Crippen LogP contribution >= 0.6 is 0 Å². The Balaban J connectivity index is 2.75. The number of amides is 2. The smallest absolute Gasteiger partial charge is 0.332 e. The molecule has 0 aliphatic carbocycles. The van der Waals surface area contributed by atoms with Crippen LogP contribution in [0.15, 0.2) is 0 Å². The molecule has 0 spiro atoms. The Labute approximate surface area is 107 Å². The molecule has 2 atom stereocenters. The van der Waals surface area contributed by atoms with Gasteiger partial charge in [0.1, 0.15) is 0 Å². The van der Waals surface area contributed by atoms with Gasteiger partial charge in [0.05, 0.1) is 6.61 Å². The van der Waals surface area contributed by atoms with Crippen molar-refractivity contribution < 1.29 is 19.4 Å². The van der Waals surface area contributed by atoms with E-state index in [-0.39, 0.29) is 18.7 Å². The van der Waals surface area contributed by atoms with Crippen molar-refractivity contribution >= 4 is 12.0 Å². The zero-order valence-electron chi connectivity index (χ0n) is 11.2. The quantitative estimate of drug-likeness (QED) is 0.773. The monoisotopic (exact) mass is 258 g/mol. The van der Waals surface area contributed by atoms with Crippen LogP contribution in [-0.4, -0.2) is 53.3 Å². The fraction of sp³-hybridized carbons (Fsp3) is 0.833. The first kappa shape index (κ1) is 14.8. The van der Waals surface area contributed by atoms with Gasteiger partial charge in [-0.15, -0.1) is 0 Å². The number of carboxylic acids is 1. The third-order valence-corrected chi connectivity index (χ3v) is 3.50. The number of carbonyl (C=O) groups excluding carboxylic acids is 1. The fourth-order valence-electron chi connectivity index (χ4n) is 2.04. The Kier molecular flexibility index (Phi) is 4.95. The van der Waals surface area contributed by atoms with Crippen LogP contribution in [0.5, 0.6) is 0 Å². The second-order valence-electron chi connectivity index (χ2n) is 4.66. The van der Waals surface area contributed by atoms with Crippen molar-refractivity contribution in [3.05, 3.63) is 0 Å². The molecule has 1 rings (SSSR count).